The van der Waals surface area contributed by atoms with E-state index in [1.54, 1.807) is 5.57 Å². The van der Waals surface area contributed by atoms with Gasteiger partial charge >= 0.3 is 5.97 Å². The van der Waals surface area contributed by atoms with Crippen LogP contribution in [0.3, 0.4) is 0 Å². The number of Topliss-reactive ketones (excluding diaryl/α,β-unsaturated/α-hetero) is 1. The van der Waals surface area contributed by atoms with Gasteiger partial charge in [-0.15, -0.1) is 0 Å². The molecule has 5 aliphatic carbocycles. The number of carbonyl (C=O) groups excluding carboxylic acids is 2. The Morgan fingerprint density at radius 3 is 2.68 bits per heavy atom. The van der Waals surface area contributed by atoms with E-state index in [9.17, 15) is 9.59 Å². The summed E-state index contributed by atoms with van der Waals surface area (Å²) in [5.74, 6) is 4.20. The molecule has 3 heteroatoms. The predicted molar refractivity (Wildman–Crippen MR) is 92.6 cm³/mol. The maximum Gasteiger partial charge on any atom is 0.306 e. The summed E-state index contributed by atoms with van der Waals surface area (Å²) in [4.78, 5) is 23.9. The normalized spacial score (nSPS) is 53.2. The Balaban J connectivity index is 1.38. The van der Waals surface area contributed by atoms with E-state index in [1.165, 1.54) is 31.3 Å². The maximum absolute atomic E-state index is 12.0. The van der Waals surface area contributed by atoms with Crippen LogP contribution in [-0.2, 0) is 14.3 Å². The van der Waals surface area contributed by atoms with Gasteiger partial charge in [0.1, 0.15) is 11.4 Å². The Kier molecular flexibility index (Phi) is 2.75. The summed E-state index contributed by atoms with van der Waals surface area (Å²) in [7, 11) is 0. The number of esters is 1. The summed E-state index contributed by atoms with van der Waals surface area (Å²) in [5.41, 5.74) is 3.27. The second-order valence-electron chi connectivity index (χ2n) is 10.0. The van der Waals surface area contributed by atoms with Crippen LogP contribution in [0.15, 0.2) is 11.1 Å². The summed E-state index contributed by atoms with van der Waals surface area (Å²) < 4.78 is 6.14. The molecular weight excluding hydrogens is 312 g/mol. The third-order valence-corrected chi connectivity index (χ3v) is 9.32. The third-order valence-electron chi connectivity index (χ3n) is 9.32. The molecule has 0 amide bonds. The van der Waals surface area contributed by atoms with Crippen LogP contribution in [-0.4, -0.2) is 17.4 Å². The number of allylic oxidation sites excluding steroid dienone is 2. The molecular formula is C22H28O3. The molecule has 5 unspecified atom stereocenters. The summed E-state index contributed by atoms with van der Waals surface area (Å²) in [6.45, 7) is 2.47. The van der Waals surface area contributed by atoms with Gasteiger partial charge in [0, 0.05) is 30.6 Å². The zero-order valence-corrected chi connectivity index (χ0v) is 15.2. The Hall–Kier alpha value is -1.12. The highest BCUT2D eigenvalue weighted by atomic mass is 16.6. The maximum atomic E-state index is 12.0. The molecule has 0 N–H and O–H groups in total. The van der Waals surface area contributed by atoms with E-state index in [0.29, 0.717) is 18.1 Å². The van der Waals surface area contributed by atoms with Crippen molar-refractivity contribution in [3.05, 3.63) is 11.1 Å². The van der Waals surface area contributed by atoms with Crippen LogP contribution in [0.5, 0.6) is 0 Å². The standard InChI is InChI=1S/C22H28O3/c1-21-8-6-15-14-5-3-13(23)10-12(14)2-4-16(15)20(21)17-11-18(17)22(21)9-7-19(24)25-22/h15-18,20H,2-11H2,1H3/t15?,16?,17?,18?,20?,21-,22-/m0/s1. The first kappa shape index (κ1) is 15.0. The monoisotopic (exact) mass is 340 g/mol. The molecule has 134 valence electrons. The molecule has 0 radical (unpaired) electrons. The lowest BCUT2D eigenvalue weighted by molar-refractivity contribution is -0.171. The van der Waals surface area contributed by atoms with E-state index in [1.807, 2.05) is 0 Å². The van der Waals surface area contributed by atoms with Gasteiger partial charge in [-0.25, -0.2) is 0 Å². The number of carbonyl (C=O) groups is 2. The fourth-order valence-corrected chi connectivity index (χ4v) is 8.41. The van der Waals surface area contributed by atoms with Crippen LogP contribution in [0.4, 0.5) is 0 Å². The number of hydrogen-bond donors (Lipinski definition) is 0. The predicted octanol–water partition coefficient (Wildman–Crippen LogP) is 4.20. The van der Waals surface area contributed by atoms with Crippen molar-refractivity contribution in [1.82, 2.24) is 0 Å². The van der Waals surface area contributed by atoms with E-state index < -0.39 is 0 Å². The molecule has 1 heterocycles. The van der Waals surface area contributed by atoms with Gasteiger partial charge < -0.3 is 4.74 Å². The fraction of sp³-hybridized carbons (Fsp3) is 0.818. The zero-order chi connectivity index (χ0) is 17.0. The van der Waals surface area contributed by atoms with Crippen LogP contribution < -0.4 is 0 Å². The van der Waals surface area contributed by atoms with Crippen molar-refractivity contribution in [2.75, 3.05) is 0 Å². The van der Waals surface area contributed by atoms with Crippen LogP contribution in [0.2, 0.25) is 0 Å². The highest BCUT2D eigenvalue weighted by molar-refractivity contribution is 5.82. The number of rotatable bonds is 0. The lowest BCUT2D eigenvalue weighted by Crippen LogP contribution is -2.54. The summed E-state index contributed by atoms with van der Waals surface area (Å²) in [6.07, 6.45) is 10.3. The van der Waals surface area contributed by atoms with Crippen molar-refractivity contribution in [3.8, 4) is 0 Å². The minimum absolute atomic E-state index is 0.0501. The summed E-state index contributed by atoms with van der Waals surface area (Å²) >= 11 is 0. The van der Waals surface area contributed by atoms with Crippen molar-refractivity contribution in [3.63, 3.8) is 0 Å². The van der Waals surface area contributed by atoms with Crippen molar-refractivity contribution >= 4 is 11.8 Å². The lowest BCUT2D eigenvalue weighted by atomic mass is 9.50. The number of fused-ring (bicyclic) bond motifs is 8. The van der Waals surface area contributed by atoms with Gasteiger partial charge in [-0.2, -0.15) is 0 Å². The molecule has 4 fully saturated rings. The molecule has 25 heavy (non-hydrogen) atoms. The van der Waals surface area contributed by atoms with E-state index in [2.05, 4.69) is 6.92 Å². The highest BCUT2D eigenvalue weighted by Crippen LogP contribution is 2.78. The SMILES string of the molecule is C[C@]12CCC3C4=C(CCC3C1C1CC1[C@@]21CCC(=O)O1)CC(=O)CC4. The van der Waals surface area contributed by atoms with Gasteiger partial charge in [0.05, 0.1) is 0 Å². The van der Waals surface area contributed by atoms with Gasteiger partial charge in [-0.05, 0) is 68.6 Å². The zero-order valence-electron chi connectivity index (χ0n) is 15.2. The highest BCUT2D eigenvalue weighted by Gasteiger charge is 2.78. The minimum Gasteiger partial charge on any atom is -0.458 e. The van der Waals surface area contributed by atoms with Gasteiger partial charge in [0.15, 0.2) is 0 Å². The average Bonchev–Trinajstić information content (AvgIpc) is 3.23. The number of ketones is 1. The van der Waals surface area contributed by atoms with Crippen LogP contribution >= 0.6 is 0 Å². The lowest BCUT2D eigenvalue weighted by Gasteiger charge is -2.55. The average molecular weight is 340 g/mol. The molecule has 6 aliphatic rings. The van der Waals surface area contributed by atoms with E-state index in [-0.39, 0.29) is 17.0 Å². The summed E-state index contributed by atoms with van der Waals surface area (Å²) in [5, 5.41) is 0. The van der Waals surface area contributed by atoms with Gasteiger partial charge in [-0.3, -0.25) is 9.59 Å². The largest absolute Gasteiger partial charge is 0.458 e. The summed E-state index contributed by atoms with van der Waals surface area (Å²) in [6, 6.07) is 0. The third kappa shape index (κ3) is 1.69. The fourth-order valence-electron chi connectivity index (χ4n) is 8.41. The van der Waals surface area contributed by atoms with Crippen molar-refractivity contribution in [2.24, 2.45) is 35.0 Å². The van der Waals surface area contributed by atoms with Gasteiger partial charge in [0.2, 0.25) is 0 Å². The first-order chi connectivity index (χ1) is 12.0. The Morgan fingerprint density at radius 1 is 1.00 bits per heavy atom. The molecule has 0 aromatic rings. The van der Waals surface area contributed by atoms with E-state index in [4.69, 9.17) is 4.74 Å². The smallest absolute Gasteiger partial charge is 0.306 e. The van der Waals surface area contributed by atoms with E-state index >= 15 is 0 Å². The molecule has 1 spiro atoms. The van der Waals surface area contributed by atoms with Gasteiger partial charge in [0.25, 0.3) is 0 Å². The molecule has 0 aromatic heterocycles. The van der Waals surface area contributed by atoms with Crippen LogP contribution in [0.1, 0.15) is 71.1 Å². The van der Waals surface area contributed by atoms with E-state index in [0.717, 1.165) is 55.8 Å². The quantitative estimate of drug-likeness (QED) is 0.490. The molecule has 7 atom stereocenters. The van der Waals surface area contributed by atoms with Crippen LogP contribution in [0.25, 0.3) is 0 Å². The van der Waals surface area contributed by atoms with Crippen molar-refractivity contribution < 1.29 is 14.3 Å². The molecule has 3 nitrogen and oxygen atoms in total. The second kappa shape index (κ2) is 4.58. The Bertz CT molecular complexity index is 721. The topological polar surface area (TPSA) is 43.4 Å². The molecule has 0 aromatic carbocycles. The first-order valence-corrected chi connectivity index (χ1v) is 10.5. The second-order valence-corrected chi connectivity index (χ2v) is 10.0. The van der Waals surface area contributed by atoms with Crippen molar-refractivity contribution in [2.45, 2.75) is 76.7 Å². The van der Waals surface area contributed by atoms with Crippen molar-refractivity contribution in [1.29, 1.82) is 0 Å². The molecule has 3 saturated carbocycles. The molecule has 6 rings (SSSR count). The Labute approximate surface area is 149 Å². The molecule has 0 bridgehead atoms. The first-order valence-electron chi connectivity index (χ1n) is 10.5. The number of ether oxygens (including phenoxy) is 1. The van der Waals surface area contributed by atoms with Gasteiger partial charge in [-0.1, -0.05) is 18.1 Å². The Morgan fingerprint density at radius 2 is 1.88 bits per heavy atom. The molecule has 1 aliphatic heterocycles. The number of hydrogen-bond acceptors (Lipinski definition) is 3. The minimum atomic E-state index is -0.123. The molecule has 1 saturated heterocycles. The van der Waals surface area contributed by atoms with Crippen LogP contribution in [0, 0.1) is 35.0 Å².